The van der Waals surface area contributed by atoms with Crippen molar-refractivity contribution in [2.75, 3.05) is 0 Å². The molecule has 0 spiro atoms. The van der Waals surface area contributed by atoms with Gasteiger partial charge in [0.25, 0.3) is 0 Å². The van der Waals surface area contributed by atoms with Crippen LogP contribution < -0.4 is 0 Å². The number of phenols is 2. The van der Waals surface area contributed by atoms with Crippen molar-refractivity contribution in [1.82, 2.24) is 0 Å². The first-order chi connectivity index (χ1) is 16.8. The number of benzene rings is 2. The summed E-state index contributed by atoms with van der Waals surface area (Å²) in [4.78, 5) is 0. The average Bonchev–Trinajstić information content (AvgIpc) is 3.29. The molecular formula is C34H46O2Zr. The molecule has 2 nitrogen and oxygen atoms in total. The molecule has 2 N–H and O–H groups in total. The Labute approximate surface area is 245 Å². The van der Waals surface area contributed by atoms with Crippen LogP contribution in [0.4, 0.5) is 0 Å². The van der Waals surface area contributed by atoms with E-state index >= 15 is 0 Å². The fourth-order valence-electron chi connectivity index (χ4n) is 3.39. The van der Waals surface area contributed by atoms with Gasteiger partial charge < -0.3 is 10.2 Å². The molecule has 4 rings (SSSR count). The Morgan fingerprint density at radius 1 is 0.568 bits per heavy atom. The van der Waals surface area contributed by atoms with Crippen LogP contribution in [0.5, 0.6) is 11.5 Å². The zero-order valence-electron chi connectivity index (χ0n) is 24.5. The molecule has 0 heterocycles. The maximum atomic E-state index is 9.06. The molecule has 0 atom stereocenters. The van der Waals surface area contributed by atoms with Crippen LogP contribution in [0.1, 0.15) is 84.0 Å². The van der Waals surface area contributed by atoms with E-state index in [-0.39, 0.29) is 26.2 Å². The minimum Gasteiger partial charge on any atom is -0.508 e. The van der Waals surface area contributed by atoms with Crippen LogP contribution >= 0.6 is 0 Å². The maximum Gasteiger partial charge on any atom is 2.00 e. The molecule has 0 aliphatic rings. The van der Waals surface area contributed by atoms with Crippen molar-refractivity contribution in [3.8, 4) is 11.5 Å². The first-order valence-corrected chi connectivity index (χ1v) is 12.8. The maximum absolute atomic E-state index is 9.06. The van der Waals surface area contributed by atoms with Gasteiger partial charge in [0.05, 0.1) is 0 Å². The topological polar surface area (TPSA) is 40.5 Å². The molecule has 0 amide bonds. The second-order valence-electron chi connectivity index (χ2n) is 10.1. The van der Waals surface area contributed by atoms with E-state index in [2.05, 4.69) is 93.5 Å². The van der Waals surface area contributed by atoms with E-state index in [9.17, 15) is 0 Å². The molecule has 4 aromatic carbocycles. The first kappa shape index (κ1) is 34.6. The molecule has 0 radical (unpaired) electrons. The number of hydrogen-bond acceptors (Lipinski definition) is 2. The number of aromatic hydroxyl groups is 2. The fourth-order valence-corrected chi connectivity index (χ4v) is 3.39. The molecule has 0 unspecified atom stereocenters. The summed E-state index contributed by atoms with van der Waals surface area (Å²) >= 11 is 0. The van der Waals surface area contributed by atoms with E-state index in [0.29, 0.717) is 23.3 Å². The van der Waals surface area contributed by atoms with Gasteiger partial charge in [0.2, 0.25) is 0 Å². The van der Waals surface area contributed by atoms with Crippen molar-refractivity contribution in [2.24, 2.45) is 0 Å². The van der Waals surface area contributed by atoms with Crippen LogP contribution in [0.3, 0.4) is 0 Å². The third-order valence-electron chi connectivity index (χ3n) is 6.61. The van der Waals surface area contributed by atoms with Crippen molar-refractivity contribution in [3.05, 3.63) is 117 Å². The first-order valence-electron chi connectivity index (χ1n) is 12.8. The van der Waals surface area contributed by atoms with Gasteiger partial charge in [-0.05, 0) is 47.2 Å². The Kier molecular flexibility index (Phi) is 16.1. The minimum absolute atomic E-state index is 0. The third kappa shape index (κ3) is 12.6. The summed E-state index contributed by atoms with van der Waals surface area (Å²) in [5.41, 5.74) is 10.9. The zero-order chi connectivity index (χ0) is 27.4. The van der Waals surface area contributed by atoms with Crippen LogP contribution in [-0.4, -0.2) is 10.2 Å². The summed E-state index contributed by atoms with van der Waals surface area (Å²) < 4.78 is 0. The van der Waals surface area contributed by atoms with Crippen LogP contribution in [0, 0.1) is 41.5 Å². The Morgan fingerprint density at radius 2 is 0.892 bits per heavy atom. The van der Waals surface area contributed by atoms with Gasteiger partial charge in [-0.15, -0.1) is 0 Å². The van der Waals surface area contributed by atoms with Crippen molar-refractivity contribution >= 4 is 0 Å². The molecule has 0 saturated carbocycles. The van der Waals surface area contributed by atoms with Crippen molar-refractivity contribution < 1.29 is 36.4 Å². The van der Waals surface area contributed by atoms with Gasteiger partial charge in [0, 0.05) is 0 Å². The van der Waals surface area contributed by atoms with Gasteiger partial charge in [0.15, 0.2) is 0 Å². The van der Waals surface area contributed by atoms with Crippen molar-refractivity contribution in [1.29, 1.82) is 0 Å². The Balaban J connectivity index is 0.000000465. The van der Waals surface area contributed by atoms with E-state index in [1.807, 2.05) is 24.3 Å². The van der Waals surface area contributed by atoms with E-state index in [1.165, 1.54) is 44.5 Å². The predicted molar refractivity (Wildman–Crippen MR) is 157 cm³/mol. The van der Waals surface area contributed by atoms with E-state index in [4.69, 9.17) is 10.2 Å². The van der Waals surface area contributed by atoms with Crippen molar-refractivity contribution in [2.45, 2.75) is 81.1 Å². The van der Waals surface area contributed by atoms with Crippen LogP contribution in [-0.2, 0) is 26.2 Å². The second kappa shape index (κ2) is 17.2. The van der Waals surface area contributed by atoms with Gasteiger partial charge in [-0.1, -0.05) is 93.5 Å². The summed E-state index contributed by atoms with van der Waals surface area (Å²) in [5.74, 6) is 1.69. The Bertz CT molecular complexity index is 1050. The van der Waals surface area contributed by atoms with Gasteiger partial charge in [0.1, 0.15) is 11.5 Å². The molecule has 0 saturated heterocycles. The largest absolute Gasteiger partial charge is 2.00 e. The third-order valence-corrected chi connectivity index (χ3v) is 6.61. The summed E-state index contributed by atoms with van der Waals surface area (Å²) in [5, 5.41) is 18.1. The average molecular weight is 578 g/mol. The fraction of sp³-hybridized carbons (Fsp3) is 0.353. The van der Waals surface area contributed by atoms with Gasteiger partial charge in [-0.25, -0.2) is 12.1 Å². The Morgan fingerprint density at radius 3 is 1.03 bits per heavy atom. The second-order valence-corrected chi connectivity index (χ2v) is 10.1. The Hall–Kier alpha value is -2.38. The number of phenolic OH excluding ortho intramolecular Hbond substituents is 2. The van der Waals surface area contributed by atoms with Crippen LogP contribution in [0.2, 0.25) is 0 Å². The standard InChI is InChI=1S/2C9H12O.2C8H11.Zr/c2*1-7(2)8-4-3-5-9(10)6-8;2*1-6-4-5-7(2)8(6)3;/h2*3-7,10H,1-2H3;2*4-5H,1-3H3;/q;;2*-1;+2. The molecule has 3 heteroatoms. The molecule has 37 heavy (non-hydrogen) atoms. The summed E-state index contributed by atoms with van der Waals surface area (Å²) in [6.07, 6.45) is 0. The molecule has 4 aromatic rings. The van der Waals surface area contributed by atoms with Crippen LogP contribution in [0.25, 0.3) is 0 Å². The summed E-state index contributed by atoms with van der Waals surface area (Å²) in [6.45, 7) is 21.3. The minimum atomic E-state index is 0. The smallest absolute Gasteiger partial charge is 0.508 e. The summed E-state index contributed by atoms with van der Waals surface area (Å²) in [7, 11) is 0. The van der Waals surface area contributed by atoms with Gasteiger partial charge in [-0.2, -0.15) is 45.5 Å². The molecule has 0 aliphatic carbocycles. The number of rotatable bonds is 2. The number of aryl methyl sites for hydroxylation is 4. The van der Waals surface area contributed by atoms with Crippen LogP contribution in [0.15, 0.2) is 72.8 Å². The predicted octanol–water partition coefficient (Wildman–Crippen LogP) is 9.69. The SMILES string of the molecule is CC(C)c1cccc(O)c1.CC(C)c1cccc(O)c1.Cc1cc[c-](C)c1C.Cc1cc[c-](C)c1C.[Zr+2]. The molecule has 0 fully saturated rings. The quantitative estimate of drug-likeness (QED) is 0.233. The van der Waals surface area contributed by atoms with E-state index in [0.717, 1.165) is 0 Å². The van der Waals surface area contributed by atoms with E-state index in [1.54, 1.807) is 24.3 Å². The normalized spacial score (nSPS) is 9.84. The molecule has 0 bridgehead atoms. The van der Waals surface area contributed by atoms with E-state index < -0.39 is 0 Å². The van der Waals surface area contributed by atoms with Crippen molar-refractivity contribution in [3.63, 3.8) is 0 Å². The molecule has 198 valence electrons. The van der Waals surface area contributed by atoms with Gasteiger partial charge in [-0.3, -0.25) is 0 Å². The monoisotopic (exact) mass is 576 g/mol. The molecule has 0 aromatic heterocycles. The molecule has 0 aliphatic heterocycles. The van der Waals surface area contributed by atoms with Gasteiger partial charge >= 0.3 is 26.2 Å². The number of hydrogen-bond donors (Lipinski definition) is 2. The molecular weight excluding hydrogens is 532 g/mol. The summed E-state index contributed by atoms with van der Waals surface area (Å²) in [6, 6.07) is 23.4. The zero-order valence-corrected chi connectivity index (χ0v) is 26.9.